The summed E-state index contributed by atoms with van der Waals surface area (Å²) in [7, 11) is 3.83. The first-order chi connectivity index (χ1) is 7.26. The lowest BCUT2D eigenvalue weighted by Gasteiger charge is -2.27. The van der Waals surface area contributed by atoms with Crippen LogP contribution in [0.2, 0.25) is 0 Å². The highest BCUT2D eigenvalue weighted by Crippen LogP contribution is 2.22. The Morgan fingerprint density at radius 3 is 2.50 bits per heavy atom. The van der Waals surface area contributed by atoms with E-state index in [0.29, 0.717) is 13.1 Å². The molecule has 1 heterocycles. The van der Waals surface area contributed by atoms with Crippen molar-refractivity contribution in [3.05, 3.63) is 11.3 Å². The van der Waals surface area contributed by atoms with Gasteiger partial charge in [-0.05, 0) is 20.8 Å². The number of aliphatic hydroxyl groups is 1. The summed E-state index contributed by atoms with van der Waals surface area (Å²) in [6.45, 7) is 6.53. The van der Waals surface area contributed by atoms with Gasteiger partial charge < -0.3 is 15.7 Å². The highest BCUT2D eigenvalue weighted by molar-refractivity contribution is 5.49. The van der Waals surface area contributed by atoms with Crippen molar-refractivity contribution < 1.29 is 5.11 Å². The third kappa shape index (κ3) is 2.74. The van der Waals surface area contributed by atoms with Crippen molar-refractivity contribution in [3.8, 4) is 0 Å². The summed E-state index contributed by atoms with van der Waals surface area (Å²) in [4.78, 5) is 1.99. The van der Waals surface area contributed by atoms with Crippen LogP contribution in [-0.4, -0.2) is 34.1 Å². The topological polar surface area (TPSA) is 67.3 Å². The molecular weight excluding hydrogens is 204 g/mol. The Bertz CT molecular complexity index is 365. The Labute approximate surface area is 96.9 Å². The molecule has 0 aromatic carbocycles. The number of likely N-dealkylation sites (N-methyl/N-ethyl adjacent to an activating group) is 1. The molecule has 1 rings (SSSR count). The number of rotatable bonds is 4. The van der Waals surface area contributed by atoms with Gasteiger partial charge in [0, 0.05) is 32.7 Å². The van der Waals surface area contributed by atoms with E-state index in [0.717, 1.165) is 17.1 Å². The number of hydrogen-bond donors (Lipinski definition) is 2. The van der Waals surface area contributed by atoms with E-state index in [1.165, 1.54) is 0 Å². The van der Waals surface area contributed by atoms with E-state index in [1.807, 2.05) is 30.6 Å². The molecule has 0 bridgehead atoms. The number of nitrogens with zero attached hydrogens (tertiary/aromatic N) is 3. The van der Waals surface area contributed by atoms with Gasteiger partial charge in [0.05, 0.1) is 11.3 Å². The fraction of sp³-hybridized carbons (Fsp3) is 0.727. The lowest BCUT2D eigenvalue weighted by atomic mass is 10.1. The quantitative estimate of drug-likeness (QED) is 0.779. The fourth-order valence-electron chi connectivity index (χ4n) is 2.06. The summed E-state index contributed by atoms with van der Waals surface area (Å²) in [6.07, 6.45) is 0. The zero-order chi connectivity index (χ0) is 12.5. The monoisotopic (exact) mass is 226 g/mol. The fourth-order valence-corrected chi connectivity index (χ4v) is 2.06. The average molecular weight is 226 g/mol. The van der Waals surface area contributed by atoms with Crippen molar-refractivity contribution in [2.24, 2.45) is 12.8 Å². The molecule has 0 fully saturated rings. The first kappa shape index (κ1) is 13.0. The molecule has 0 saturated carbocycles. The van der Waals surface area contributed by atoms with E-state index in [4.69, 9.17) is 5.73 Å². The minimum Gasteiger partial charge on any atom is -0.389 e. The van der Waals surface area contributed by atoms with Gasteiger partial charge in [0.2, 0.25) is 0 Å². The number of aryl methyl sites for hydroxylation is 2. The zero-order valence-electron chi connectivity index (χ0n) is 10.8. The molecule has 0 aliphatic rings. The highest BCUT2D eigenvalue weighted by atomic mass is 16.3. The summed E-state index contributed by atoms with van der Waals surface area (Å²) >= 11 is 0. The predicted octanol–water partition coefficient (Wildman–Crippen LogP) is 0.394. The van der Waals surface area contributed by atoms with Gasteiger partial charge >= 0.3 is 0 Å². The molecule has 0 aliphatic heterocycles. The largest absolute Gasteiger partial charge is 0.389 e. The van der Waals surface area contributed by atoms with Crippen LogP contribution in [0.4, 0.5) is 5.82 Å². The van der Waals surface area contributed by atoms with E-state index in [9.17, 15) is 5.11 Å². The normalized spacial score (nSPS) is 11.9. The van der Waals surface area contributed by atoms with Crippen molar-refractivity contribution in [1.82, 2.24) is 9.78 Å². The molecule has 92 valence electrons. The third-order valence-corrected chi connectivity index (χ3v) is 2.50. The molecule has 0 saturated heterocycles. The molecule has 0 atom stereocenters. The van der Waals surface area contributed by atoms with Crippen molar-refractivity contribution in [1.29, 1.82) is 0 Å². The Morgan fingerprint density at radius 2 is 2.06 bits per heavy atom. The standard InChI is InChI=1S/C11H22N4O/c1-8-9(6-12)10(15(5)13-8)14(4)7-11(2,3)16/h16H,6-7,12H2,1-5H3. The lowest BCUT2D eigenvalue weighted by Crippen LogP contribution is -2.37. The molecule has 0 aliphatic carbocycles. The van der Waals surface area contributed by atoms with Gasteiger partial charge in [-0.3, -0.25) is 4.68 Å². The van der Waals surface area contributed by atoms with Gasteiger partial charge in [-0.1, -0.05) is 0 Å². The molecule has 0 radical (unpaired) electrons. The van der Waals surface area contributed by atoms with Gasteiger partial charge in [0.1, 0.15) is 5.82 Å². The predicted molar refractivity (Wildman–Crippen MR) is 65.4 cm³/mol. The Hall–Kier alpha value is -1.07. The molecule has 1 aromatic rings. The summed E-state index contributed by atoms with van der Waals surface area (Å²) in [5.74, 6) is 0.974. The van der Waals surface area contributed by atoms with Gasteiger partial charge in [-0.25, -0.2) is 0 Å². The minimum atomic E-state index is -0.737. The molecule has 0 amide bonds. The van der Waals surface area contributed by atoms with Crippen LogP contribution in [0.5, 0.6) is 0 Å². The van der Waals surface area contributed by atoms with E-state index in [-0.39, 0.29) is 0 Å². The minimum absolute atomic E-state index is 0.463. The van der Waals surface area contributed by atoms with Crippen molar-refractivity contribution in [2.75, 3.05) is 18.5 Å². The highest BCUT2D eigenvalue weighted by Gasteiger charge is 2.21. The van der Waals surface area contributed by atoms with E-state index < -0.39 is 5.60 Å². The average Bonchev–Trinajstić information content (AvgIpc) is 2.37. The number of nitrogens with two attached hydrogens (primary N) is 1. The summed E-state index contributed by atoms with van der Waals surface area (Å²) in [6, 6.07) is 0. The summed E-state index contributed by atoms with van der Waals surface area (Å²) in [5, 5.41) is 14.2. The van der Waals surface area contributed by atoms with Crippen LogP contribution in [0.25, 0.3) is 0 Å². The Morgan fingerprint density at radius 1 is 1.50 bits per heavy atom. The Balaban J connectivity index is 3.03. The molecule has 16 heavy (non-hydrogen) atoms. The maximum atomic E-state index is 9.81. The molecule has 5 heteroatoms. The van der Waals surface area contributed by atoms with Crippen molar-refractivity contribution in [3.63, 3.8) is 0 Å². The first-order valence-electron chi connectivity index (χ1n) is 5.42. The molecule has 3 N–H and O–H groups in total. The van der Waals surface area contributed by atoms with Crippen LogP contribution < -0.4 is 10.6 Å². The van der Waals surface area contributed by atoms with Crippen LogP contribution in [0.3, 0.4) is 0 Å². The third-order valence-electron chi connectivity index (χ3n) is 2.50. The van der Waals surface area contributed by atoms with E-state index in [2.05, 4.69) is 5.10 Å². The smallest absolute Gasteiger partial charge is 0.131 e. The summed E-state index contributed by atoms with van der Waals surface area (Å²) in [5.41, 5.74) is 6.97. The SMILES string of the molecule is Cc1nn(C)c(N(C)CC(C)(C)O)c1CN. The van der Waals surface area contributed by atoms with E-state index in [1.54, 1.807) is 13.8 Å². The van der Waals surface area contributed by atoms with Crippen molar-refractivity contribution in [2.45, 2.75) is 32.9 Å². The molecule has 0 spiro atoms. The number of aromatic nitrogens is 2. The number of hydrogen-bond acceptors (Lipinski definition) is 4. The lowest BCUT2D eigenvalue weighted by molar-refractivity contribution is 0.0883. The second kappa shape index (κ2) is 4.43. The van der Waals surface area contributed by atoms with Crippen LogP contribution in [0, 0.1) is 6.92 Å². The maximum Gasteiger partial charge on any atom is 0.131 e. The van der Waals surface area contributed by atoms with Crippen molar-refractivity contribution >= 4 is 5.82 Å². The van der Waals surface area contributed by atoms with Gasteiger partial charge in [-0.2, -0.15) is 5.10 Å². The molecule has 1 aromatic heterocycles. The second-order valence-corrected chi connectivity index (χ2v) is 4.88. The second-order valence-electron chi connectivity index (χ2n) is 4.88. The number of anilines is 1. The van der Waals surface area contributed by atoms with Crippen LogP contribution in [0.1, 0.15) is 25.1 Å². The molecule has 0 unspecified atom stereocenters. The molecule has 5 nitrogen and oxygen atoms in total. The Kier molecular flexibility index (Phi) is 3.60. The maximum absolute atomic E-state index is 9.81. The molecular formula is C11H22N4O. The van der Waals surface area contributed by atoms with Gasteiger partial charge in [0.25, 0.3) is 0 Å². The van der Waals surface area contributed by atoms with Crippen LogP contribution in [0.15, 0.2) is 0 Å². The summed E-state index contributed by atoms with van der Waals surface area (Å²) < 4.78 is 1.81. The van der Waals surface area contributed by atoms with Gasteiger partial charge in [0.15, 0.2) is 0 Å². The first-order valence-corrected chi connectivity index (χ1v) is 5.42. The zero-order valence-corrected chi connectivity index (χ0v) is 10.8. The van der Waals surface area contributed by atoms with Gasteiger partial charge in [-0.15, -0.1) is 0 Å². The van der Waals surface area contributed by atoms with Crippen LogP contribution >= 0.6 is 0 Å². The van der Waals surface area contributed by atoms with Crippen LogP contribution in [-0.2, 0) is 13.6 Å². The van der Waals surface area contributed by atoms with E-state index >= 15 is 0 Å².